The lowest BCUT2D eigenvalue weighted by atomic mass is 10.0. The topological polar surface area (TPSA) is 57.7 Å². The number of benzene rings is 1. The van der Waals surface area contributed by atoms with Gasteiger partial charge in [0, 0.05) is 49.6 Å². The van der Waals surface area contributed by atoms with Crippen LogP contribution < -0.4 is 10.1 Å². The van der Waals surface area contributed by atoms with Gasteiger partial charge < -0.3 is 19.9 Å². The van der Waals surface area contributed by atoms with Crippen molar-refractivity contribution in [2.24, 2.45) is 11.8 Å². The predicted molar refractivity (Wildman–Crippen MR) is 119 cm³/mol. The fourth-order valence-corrected chi connectivity index (χ4v) is 4.74. The molecule has 7 heteroatoms. The Kier molecular flexibility index (Phi) is 6.44. The van der Waals surface area contributed by atoms with Crippen molar-refractivity contribution in [1.29, 1.82) is 0 Å². The molecule has 2 unspecified atom stereocenters. The zero-order chi connectivity index (χ0) is 21.1. The molecule has 0 aliphatic carbocycles. The van der Waals surface area contributed by atoms with Gasteiger partial charge in [-0.05, 0) is 61.6 Å². The number of fused-ring (bicyclic) bond motifs is 1. The number of halogens is 1. The van der Waals surface area contributed by atoms with E-state index in [4.69, 9.17) is 16.3 Å². The van der Waals surface area contributed by atoms with E-state index >= 15 is 0 Å². The van der Waals surface area contributed by atoms with Gasteiger partial charge in [0.2, 0.25) is 5.88 Å². The van der Waals surface area contributed by atoms with Crippen molar-refractivity contribution in [3.63, 3.8) is 0 Å². The standard InChI is InChI=1S/C23H29ClN4O2/c1-16-6-7-19(11-21(16)24)25-9-4-10-27-12-17-14-28(15-18(17)13-27)23(29)20-5-3-8-26-22(20)30-2/h3,5-8,11,17-18,25H,4,9-10,12-15H2,1-2H3. The number of hydrogen-bond donors (Lipinski definition) is 1. The maximum atomic E-state index is 12.9. The first-order chi connectivity index (χ1) is 14.5. The molecule has 3 heterocycles. The zero-order valence-electron chi connectivity index (χ0n) is 17.6. The van der Waals surface area contributed by atoms with E-state index in [-0.39, 0.29) is 5.91 Å². The summed E-state index contributed by atoms with van der Waals surface area (Å²) in [5, 5.41) is 4.26. The Bertz CT molecular complexity index is 893. The number of nitrogens with zero attached hydrogens (tertiary/aromatic N) is 3. The summed E-state index contributed by atoms with van der Waals surface area (Å²) in [6.07, 6.45) is 2.73. The first-order valence-corrected chi connectivity index (χ1v) is 10.9. The summed E-state index contributed by atoms with van der Waals surface area (Å²) < 4.78 is 5.26. The number of nitrogens with one attached hydrogen (secondary N) is 1. The van der Waals surface area contributed by atoms with Gasteiger partial charge in [0.05, 0.1) is 7.11 Å². The molecular formula is C23H29ClN4O2. The monoisotopic (exact) mass is 428 g/mol. The van der Waals surface area contributed by atoms with Gasteiger partial charge in [-0.2, -0.15) is 0 Å². The highest BCUT2D eigenvalue weighted by Crippen LogP contribution is 2.32. The van der Waals surface area contributed by atoms with E-state index in [2.05, 4.69) is 21.3 Å². The lowest BCUT2D eigenvalue weighted by molar-refractivity contribution is 0.0770. The number of carbonyl (C=O) groups is 1. The summed E-state index contributed by atoms with van der Waals surface area (Å²) in [4.78, 5) is 21.6. The molecule has 1 amide bonds. The van der Waals surface area contributed by atoms with Gasteiger partial charge >= 0.3 is 0 Å². The molecule has 1 aromatic carbocycles. The second-order valence-corrected chi connectivity index (χ2v) is 8.70. The lowest BCUT2D eigenvalue weighted by Crippen LogP contribution is -2.34. The molecule has 6 nitrogen and oxygen atoms in total. The van der Waals surface area contributed by atoms with Crippen LogP contribution in [0.1, 0.15) is 22.3 Å². The maximum absolute atomic E-state index is 12.9. The van der Waals surface area contributed by atoms with Crippen LogP contribution in [0.2, 0.25) is 5.02 Å². The van der Waals surface area contributed by atoms with Gasteiger partial charge in [0.25, 0.3) is 5.91 Å². The number of rotatable bonds is 7. The number of likely N-dealkylation sites (tertiary alicyclic amines) is 2. The fourth-order valence-electron chi connectivity index (χ4n) is 4.56. The SMILES string of the molecule is COc1ncccc1C(=O)N1CC2CN(CCCNc3ccc(C)c(Cl)c3)CC2C1. The minimum Gasteiger partial charge on any atom is -0.480 e. The molecule has 0 bridgehead atoms. The van der Waals surface area contributed by atoms with Gasteiger partial charge in [-0.25, -0.2) is 4.98 Å². The molecule has 0 radical (unpaired) electrons. The molecule has 2 fully saturated rings. The Morgan fingerprint density at radius 2 is 2.00 bits per heavy atom. The Morgan fingerprint density at radius 1 is 1.23 bits per heavy atom. The van der Waals surface area contributed by atoms with Crippen molar-refractivity contribution >= 4 is 23.2 Å². The Labute approximate surface area is 183 Å². The Morgan fingerprint density at radius 3 is 2.70 bits per heavy atom. The van der Waals surface area contributed by atoms with Crippen molar-refractivity contribution in [2.45, 2.75) is 13.3 Å². The van der Waals surface area contributed by atoms with Crippen LogP contribution in [0.25, 0.3) is 0 Å². The Balaban J connectivity index is 1.22. The van der Waals surface area contributed by atoms with Crippen LogP contribution in [0.3, 0.4) is 0 Å². The van der Waals surface area contributed by atoms with Crippen molar-refractivity contribution in [1.82, 2.24) is 14.8 Å². The van der Waals surface area contributed by atoms with Crippen molar-refractivity contribution < 1.29 is 9.53 Å². The number of carbonyl (C=O) groups excluding carboxylic acids is 1. The van der Waals surface area contributed by atoms with E-state index in [0.29, 0.717) is 23.3 Å². The number of methoxy groups -OCH3 is 1. The maximum Gasteiger partial charge on any atom is 0.259 e. The minimum absolute atomic E-state index is 0.0295. The van der Waals surface area contributed by atoms with Crippen LogP contribution in [0, 0.1) is 18.8 Å². The molecule has 2 atom stereocenters. The number of pyridine rings is 1. The molecule has 0 spiro atoms. The summed E-state index contributed by atoms with van der Waals surface area (Å²) in [6, 6.07) is 9.68. The summed E-state index contributed by atoms with van der Waals surface area (Å²) in [5.74, 6) is 1.55. The molecule has 1 N–H and O–H groups in total. The molecule has 2 aliphatic heterocycles. The first-order valence-electron chi connectivity index (χ1n) is 10.6. The third-order valence-electron chi connectivity index (χ3n) is 6.20. The molecule has 1 aromatic heterocycles. The molecule has 4 rings (SSSR count). The van der Waals surface area contributed by atoms with Crippen LogP contribution in [0.5, 0.6) is 5.88 Å². The van der Waals surface area contributed by atoms with Crippen LogP contribution in [-0.4, -0.2) is 67.1 Å². The van der Waals surface area contributed by atoms with E-state index in [1.54, 1.807) is 25.4 Å². The van der Waals surface area contributed by atoms with E-state index in [1.807, 2.05) is 24.0 Å². The summed E-state index contributed by atoms with van der Waals surface area (Å²) >= 11 is 6.19. The average Bonchev–Trinajstić information content (AvgIpc) is 3.32. The van der Waals surface area contributed by atoms with Gasteiger partial charge in [-0.15, -0.1) is 0 Å². The second-order valence-electron chi connectivity index (χ2n) is 8.29. The van der Waals surface area contributed by atoms with Crippen LogP contribution in [-0.2, 0) is 0 Å². The summed E-state index contributed by atoms with van der Waals surface area (Å²) in [7, 11) is 1.55. The smallest absolute Gasteiger partial charge is 0.259 e. The van der Waals surface area contributed by atoms with Crippen molar-refractivity contribution in [2.75, 3.05) is 51.7 Å². The first kappa shape index (κ1) is 20.9. The number of hydrogen-bond acceptors (Lipinski definition) is 5. The zero-order valence-corrected chi connectivity index (χ0v) is 18.4. The number of ether oxygens (including phenoxy) is 1. The van der Waals surface area contributed by atoms with E-state index in [0.717, 1.165) is 62.0 Å². The van der Waals surface area contributed by atoms with Gasteiger partial charge in [-0.3, -0.25) is 4.79 Å². The molecule has 2 aromatic rings. The van der Waals surface area contributed by atoms with Crippen molar-refractivity contribution in [3.05, 3.63) is 52.7 Å². The van der Waals surface area contributed by atoms with E-state index < -0.39 is 0 Å². The van der Waals surface area contributed by atoms with E-state index in [1.165, 1.54) is 0 Å². The number of aryl methyl sites for hydroxylation is 1. The average molecular weight is 429 g/mol. The van der Waals surface area contributed by atoms with Gasteiger partial charge in [0.15, 0.2) is 0 Å². The van der Waals surface area contributed by atoms with Gasteiger partial charge in [0.1, 0.15) is 5.56 Å². The predicted octanol–water partition coefficient (Wildman–Crippen LogP) is 3.56. The minimum atomic E-state index is 0.0295. The molecule has 160 valence electrons. The summed E-state index contributed by atoms with van der Waals surface area (Å²) in [5.41, 5.74) is 2.73. The van der Waals surface area contributed by atoms with Crippen LogP contribution >= 0.6 is 11.6 Å². The molecule has 30 heavy (non-hydrogen) atoms. The number of amides is 1. The highest BCUT2D eigenvalue weighted by atomic mass is 35.5. The highest BCUT2D eigenvalue weighted by Gasteiger charge is 2.41. The van der Waals surface area contributed by atoms with Gasteiger partial charge in [-0.1, -0.05) is 17.7 Å². The van der Waals surface area contributed by atoms with Crippen LogP contribution in [0.15, 0.2) is 36.5 Å². The largest absolute Gasteiger partial charge is 0.480 e. The molecule has 0 saturated carbocycles. The Hall–Kier alpha value is -2.31. The highest BCUT2D eigenvalue weighted by molar-refractivity contribution is 6.31. The van der Waals surface area contributed by atoms with Crippen LogP contribution in [0.4, 0.5) is 5.69 Å². The van der Waals surface area contributed by atoms with Crippen molar-refractivity contribution in [3.8, 4) is 5.88 Å². The molecule has 2 saturated heterocycles. The third kappa shape index (κ3) is 4.55. The lowest BCUT2D eigenvalue weighted by Gasteiger charge is -2.22. The number of aromatic nitrogens is 1. The van der Waals surface area contributed by atoms with E-state index in [9.17, 15) is 4.79 Å². The fraction of sp³-hybridized carbons (Fsp3) is 0.478. The quantitative estimate of drug-likeness (QED) is 0.683. The summed E-state index contributed by atoms with van der Waals surface area (Å²) in [6.45, 7) is 7.78. The normalized spacial score (nSPS) is 21.0. The second kappa shape index (κ2) is 9.23. The number of anilines is 1. The third-order valence-corrected chi connectivity index (χ3v) is 6.60. The molecular weight excluding hydrogens is 400 g/mol. The molecule has 2 aliphatic rings.